The molecule has 0 amide bonds. The minimum absolute atomic E-state index is 0.0243. The van der Waals surface area contributed by atoms with Gasteiger partial charge in [0.15, 0.2) is 0 Å². The van der Waals surface area contributed by atoms with Gasteiger partial charge in [-0.05, 0) is 36.8 Å². The van der Waals surface area contributed by atoms with Gasteiger partial charge in [-0.25, -0.2) is 0 Å². The van der Waals surface area contributed by atoms with Crippen LogP contribution < -0.4 is 5.73 Å². The molecule has 0 saturated heterocycles. The second-order valence-electron chi connectivity index (χ2n) is 5.41. The molecule has 1 spiro atoms. The van der Waals surface area contributed by atoms with E-state index in [0.717, 1.165) is 6.42 Å². The fourth-order valence-electron chi connectivity index (χ4n) is 3.73. The zero-order valence-electron chi connectivity index (χ0n) is 9.58. The Balaban J connectivity index is 2.07. The van der Waals surface area contributed by atoms with Crippen LogP contribution in [0.5, 0.6) is 0 Å². The van der Waals surface area contributed by atoms with E-state index in [9.17, 15) is 5.11 Å². The van der Waals surface area contributed by atoms with E-state index in [1.54, 1.807) is 0 Å². The summed E-state index contributed by atoms with van der Waals surface area (Å²) in [5.41, 5.74) is 8.99. The van der Waals surface area contributed by atoms with E-state index in [4.69, 9.17) is 5.73 Å². The van der Waals surface area contributed by atoms with Crippen LogP contribution in [0.1, 0.15) is 30.4 Å². The van der Waals surface area contributed by atoms with Gasteiger partial charge in [0, 0.05) is 17.4 Å². The predicted octanol–water partition coefficient (Wildman–Crippen LogP) is 1.60. The highest BCUT2D eigenvalue weighted by Crippen LogP contribution is 2.68. The third-order valence-electron chi connectivity index (χ3n) is 4.81. The number of aliphatic hydroxyl groups excluding tert-OH is 1. The Hall–Kier alpha value is -0.860. The van der Waals surface area contributed by atoms with Crippen molar-refractivity contribution in [3.63, 3.8) is 0 Å². The lowest BCUT2D eigenvalue weighted by Gasteiger charge is -2.30. The molecule has 86 valence electrons. The molecule has 1 fully saturated rings. The molecule has 0 aliphatic heterocycles. The van der Waals surface area contributed by atoms with Gasteiger partial charge in [0.25, 0.3) is 0 Å². The number of hydrogen-bond acceptors (Lipinski definition) is 2. The van der Waals surface area contributed by atoms with E-state index in [2.05, 4.69) is 24.3 Å². The summed E-state index contributed by atoms with van der Waals surface area (Å²) in [5.74, 6) is 0. The molecule has 2 aliphatic carbocycles. The van der Waals surface area contributed by atoms with E-state index >= 15 is 0 Å². The summed E-state index contributed by atoms with van der Waals surface area (Å²) >= 11 is 0. The van der Waals surface area contributed by atoms with Crippen molar-refractivity contribution in [2.24, 2.45) is 11.1 Å². The van der Waals surface area contributed by atoms with Gasteiger partial charge in [-0.2, -0.15) is 0 Å². The molecule has 2 aliphatic rings. The summed E-state index contributed by atoms with van der Waals surface area (Å²) in [6.07, 6.45) is 4.69. The van der Waals surface area contributed by atoms with Crippen LogP contribution in [-0.2, 0) is 11.8 Å². The van der Waals surface area contributed by atoms with Crippen molar-refractivity contribution in [2.45, 2.75) is 31.1 Å². The summed E-state index contributed by atoms with van der Waals surface area (Å²) in [7, 11) is 0. The molecule has 0 heterocycles. The third kappa shape index (κ3) is 1.09. The Labute approximate surface area is 96.5 Å². The number of nitrogens with two attached hydrogens (primary N) is 1. The number of hydrogen-bond donors (Lipinski definition) is 2. The lowest BCUT2D eigenvalue weighted by atomic mass is 9.75. The van der Waals surface area contributed by atoms with Crippen molar-refractivity contribution < 1.29 is 5.11 Å². The second kappa shape index (κ2) is 3.31. The zero-order chi connectivity index (χ0) is 11.2. The molecule has 3 rings (SSSR count). The van der Waals surface area contributed by atoms with Crippen LogP contribution >= 0.6 is 0 Å². The molecule has 0 radical (unpaired) electrons. The van der Waals surface area contributed by atoms with Gasteiger partial charge in [-0.1, -0.05) is 24.3 Å². The quantitative estimate of drug-likeness (QED) is 0.790. The van der Waals surface area contributed by atoms with Crippen LogP contribution in [0.25, 0.3) is 0 Å². The van der Waals surface area contributed by atoms with E-state index in [-0.39, 0.29) is 17.4 Å². The van der Waals surface area contributed by atoms with Gasteiger partial charge in [0.1, 0.15) is 0 Å². The Kier molecular flexibility index (Phi) is 2.13. The molecule has 3 N–H and O–H groups in total. The zero-order valence-corrected chi connectivity index (χ0v) is 9.58. The number of aryl methyl sites for hydroxylation is 1. The summed E-state index contributed by atoms with van der Waals surface area (Å²) in [4.78, 5) is 0. The van der Waals surface area contributed by atoms with Crippen molar-refractivity contribution >= 4 is 0 Å². The Morgan fingerprint density at radius 2 is 2.12 bits per heavy atom. The first-order valence-electron chi connectivity index (χ1n) is 6.17. The van der Waals surface area contributed by atoms with Gasteiger partial charge in [-0.3, -0.25) is 0 Å². The largest absolute Gasteiger partial charge is 0.396 e. The highest BCUT2D eigenvalue weighted by molar-refractivity contribution is 5.45. The summed E-state index contributed by atoms with van der Waals surface area (Å²) in [5, 5.41) is 9.62. The van der Waals surface area contributed by atoms with Crippen LogP contribution in [0.15, 0.2) is 24.3 Å². The summed E-state index contributed by atoms with van der Waals surface area (Å²) in [6.45, 7) is 0.843. The van der Waals surface area contributed by atoms with Crippen molar-refractivity contribution in [2.75, 3.05) is 13.2 Å². The molecule has 0 aromatic heterocycles. The maximum Gasteiger partial charge on any atom is 0.0508 e. The molecular formula is C14H19NO. The standard InChI is InChI=1S/C14H19NO/c15-9-13(10-16)8-14(13)7-3-5-11-4-1-2-6-12(11)14/h1-2,4,6,16H,3,5,7-10,15H2. The average Bonchev–Trinajstić information content (AvgIpc) is 2.99. The summed E-state index contributed by atoms with van der Waals surface area (Å²) < 4.78 is 0. The molecule has 1 aromatic rings. The first-order valence-corrected chi connectivity index (χ1v) is 6.17. The highest BCUT2D eigenvalue weighted by Gasteiger charge is 2.67. The van der Waals surface area contributed by atoms with Crippen molar-refractivity contribution in [3.8, 4) is 0 Å². The molecular weight excluding hydrogens is 198 g/mol. The lowest BCUT2D eigenvalue weighted by molar-refractivity contribution is 0.189. The summed E-state index contributed by atoms with van der Waals surface area (Å²) in [6, 6.07) is 8.70. The van der Waals surface area contributed by atoms with Crippen molar-refractivity contribution in [1.82, 2.24) is 0 Å². The first-order chi connectivity index (χ1) is 7.78. The lowest BCUT2D eigenvalue weighted by Crippen LogP contribution is -2.32. The van der Waals surface area contributed by atoms with E-state index in [1.807, 2.05) is 0 Å². The minimum atomic E-state index is -0.0243. The second-order valence-corrected chi connectivity index (χ2v) is 5.41. The van der Waals surface area contributed by atoms with Gasteiger partial charge in [-0.15, -0.1) is 0 Å². The van der Waals surface area contributed by atoms with E-state index < -0.39 is 0 Å². The van der Waals surface area contributed by atoms with Crippen LogP contribution in [0.4, 0.5) is 0 Å². The fourth-order valence-corrected chi connectivity index (χ4v) is 3.73. The number of aliphatic hydroxyl groups is 1. The van der Waals surface area contributed by atoms with Crippen molar-refractivity contribution in [3.05, 3.63) is 35.4 Å². The molecule has 2 nitrogen and oxygen atoms in total. The Bertz CT molecular complexity index is 411. The molecule has 1 aromatic carbocycles. The first kappa shape index (κ1) is 10.3. The minimum Gasteiger partial charge on any atom is -0.396 e. The normalized spacial score (nSPS) is 36.1. The molecule has 1 saturated carbocycles. The average molecular weight is 217 g/mol. The topological polar surface area (TPSA) is 46.2 Å². The monoisotopic (exact) mass is 217 g/mol. The smallest absolute Gasteiger partial charge is 0.0508 e. The number of rotatable bonds is 2. The fraction of sp³-hybridized carbons (Fsp3) is 0.571. The van der Waals surface area contributed by atoms with Gasteiger partial charge < -0.3 is 10.8 Å². The van der Waals surface area contributed by atoms with E-state index in [0.29, 0.717) is 6.54 Å². The van der Waals surface area contributed by atoms with Gasteiger partial charge in [0.05, 0.1) is 6.61 Å². The van der Waals surface area contributed by atoms with Crippen LogP contribution in [0, 0.1) is 5.41 Å². The maximum atomic E-state index is 9.62. The number of benzene rings is 1. The van der Waals surface area contributed by atoms with Gasteiger partial charge in [0.2, 0.25) is 0 Å². The molecule has 2 unspecified atom stereocenters. The van der Waals surface area contributed by atoms with Crippen LogP contribution in [-0.4, -0.2) is 18.3 Å². The van der Waals surface area contributed by atoms with Crippen LogP contribution in [0.3, 0.4) is 0 Å². The predicted molar refractivity (Wildman–Crippen MR) is 64.2 cm³/mol. The maximum absolute atomic E-state index is 9.62. The Morgan fingerprint density at radius 3 is 2.81 bits per heavy atom. The molecule has 2 atom stereocenters. The molecule has 16 heavy (non-hydrogen) atoms. The SMILES string of the molecule is NCC1(CO)CC12CCCc1ccccc12. The van der Waals surface area contributed by atoms with E-state index in [1.165, 1.54) is 30.4 Å². The Morgan fingerprint density at radius 1 is 1.31 bits per heavy atom. The molecule has 0 bridgehead atoms. The van der Waals surface area contributed by atoms with Crippen LogP contribution in [0.2, 0.25) is 0 Å². The third-order valence-corrected chi connectivity index (χ3v) is 4.81. The highest BCUT2D eigenvalue weighted by atomic mass is 16.3. The van der Waals surface area contributed by atoms with Crippen molar-refractivity contribution in [1.29, 1.82) is 0 Å². The van der Waals surface area contributed by atoms with Gasteiger partial charge >= 0.3 is 0 Å². The number of fused-ring (bicyclic) bond motifs is 2. The molecule has 2 heteroatoms.